The number of fused-ring (bicyclic) bond motifs is 1. The van der Waals surface area contributed by atoms with Gasteiger partial charge >= 0.3 is 0 Å². The third kappa shape index (κ3) is 2.67. The van der Waals surface area contributed by atoms with E-state index < -0.39 is 0 Å². The van der Waals surface area contributed by atoms with Gasteiger partial charge in [0, 0.05) is 6.54 Å². The lowest BCUT2D eigenvalue weighted by Gasteiger charge is -2.08. The van der Waals surface area contributed by atoms with Gasteiger partial charge in [-0.2, -0.15) is 0 Å². The molecule has 0 aliphatic rings. The maximum atomic E-state index is 5.50. The quantitative estimate of drug-likeness (QED) is 0.791. The Kier molecular flexibility index (Phi) is 3.31. The number of aromatic nitrogens is 2. The highest BCUT2D eigenvalue weighted by atomic mass is 32.1. The average Bonchev–Trinajstić information content (AvgIpc) is 3.01. The Balaban J connectivity index is 1.68. The second kappa shape index (κ2) is 5.11. The van der Waals surface area contributed by atoms with Crippen molar-refractivity contribution in [2.24, 2.45) is 0 Å². The molecule has 1 N–H and O–H groups in total. The Hall–Kier alpha value is -1.72. The highest BCUT2D eigenvalue weighted by Crippen LogP contribution is 2.22. The van der Waals surface area contributed by atoms with Crippen LogP contribution in [0.2, 0.25) is 0 Å². The zero-order valence-electron chi connectivity index (χ0n) is 10.9. The number of thiazole rings is 1. The van der Waals surface area contributed by atoms with E-state index in [9.17, 15) is 0 Å². The molecule has 0 saturated carbocycles. The summed E-state index contributed by atoms with van der Waals surface area (Å²) in [5, 5.41) is 4.46. The minimum Gasteiger partial charge on any atom is -0.444 e. The third-order valence-electron chi connectivity index (χ3n) is 2.91. The summed E-state index contributed by atoms with van der Waals surface area (Å²) in [5.41, 5.74) is 1.06. The smallest absolute Gasteiger partial charge is 0.211 e. The summed E-state index contributed by atoms with van der Waals surface area (Å²) in [7, 11) is 0. The van der Waals surface area contributed by atoms with E-state index in [1.165, 1.54) is 4.70 Å². The lowest BCUT2D eigenvalue weighted by atomic mass is 10.3. The van der Waals surface area contributed by atoms with E-state index in [-0.39, 0.29) is 6.04 Å². The molecule has 0 spiro atoms. The molecular weight excluding hydrogens is 258 g/mol. The molecule has 0 bridgehead atoms. The Morgan fingerprint density at radius 3 is 2.95 bits per heavy atom. The lowest BCUT2D eigenvalue weighted by Crippen LogP contribution is -2.18. The van der Waals surface area contributed by atoms with E-state index in [1.807, 2.05) is 32.0 Å². The van der Waals surface area contributed by atoms with E-state index in [0.29, 0.717) is 0 Å². The normalized spacial score (nSPS) is 12.9. The monoisotopic (exact) mass is 273 g/mol. The van der Waals surface area contributed by atoms with Crippen LogP contribution in [0.25, 0.3) is 10.2 Å². The molecule has 3 aromatic rings. The van der Waals surface area contributed by atoms with Gasteiger partial charge in [0.15, 0.2) is 0 Å². The van der Waals surface area contributed by atoms with Gasteiger partial charge in [0.2, 0.25) is 5.89 Å². The van der Waals surface area contributed by atoms with Crippen LogP contribution >= 0.6 is 11.3 Å². The van der Waals surface area contributed by atoms with Crippen LogP contribution in [0.1, 0.15) is 29.6 Å². The van der Waals surface area contributed by atoms with Gasteiger partial charge in [0.1, 0.15) is 10.8 Å². The number of nitrogens with one attached hydrogen (secondary N) is 1. The summed E-state index contributed by atoms with van der Waals surface area (Å²) in [4.78, 5) is 8.81. The first-order valence-corrected chi connectivity index (χ1v) is 7.04. The second-order valence-corrected chi connectivity index (χ2v) is 5.60. The van der Waals surface area contributed by atoms with Crippen LogP contribution in [0.15, 0.2) is 34.9 Å². The number of rotatable bonds is 4. The minimum absolute atomic E-state index is 0.0840. The van der Waals surface area contributed by atoms with Gasteiger partial charge in [-0.05, 0) is 26.0 Å². The molecule has 1 atom stereocenters. The SMILES string of the molecule is Cc1cnc(C(C)NCc2nc3ccccc3s2)o1. The number of oxazole rings is 1. The van der Waals surface area contributed by atoms with Crippen LogP contribution in [0.5, 0.6) is 0 Å². The van der Waals surface area contributed by atoms with Crippen molar-refractivity contribution in [3.8, 4) is 0 Å². The molecule has 1 unspecified atom stereocenters. The molecule has 0 saturated heterocycles. The van der Waals surface area contributed by atoms with Crippen molar-refractivity contribution in [3.05, 3.63) is 47.1 Å². The van der Waals surface area contributed by atoms with Crippen LogP contribution in [0.3, 0.4) is 0 Å². The fourth-order valence-electron chi connectivity index (χ4n) is 1.90. The molecule has 0 aliphatic carbocycles. The number of aryl methyl sites for hydroxylation is 1. The molecular formula is C14H15N3OS. The fraction of sp³-hybridized carbons (Fsp3) is 0.286. The molecule has 1 aromatic carbocycles. The number of hydrogen-bond donors (Lipinski definition) is 1. The fourth-order valence-corrected chi connectivity index (χ4v) is 2.81. The molecule has 4 nitrogen and oxygen atoms in total. The minimum atomic E-state index is 0.0840. The number of benzene rings is 1. The van der Waals surface area contributed by atoms with Gasteiger partial charge in [-0.25, -0.2) is 9.97 Å². The predicted molar refractivity (Wildman–Crippen MR) is 76.1 cm³/mol. The predicted octanol–water partition coefficient (Wildman–Crippen LogP) is 3.44. The van der Waals surface area contributed by atoms with Crippen molar-refractivity contribution >= 4 is 21.6 Å². The largest absolute Gasteiger partial charge is 0.444 e. The van der Waals surface area contributed by atoms with Crippen molar-refractivity contribution in [2.75, 3.05) is 0 Å². The first kappa shape index (κ1) is 12.3. The summed E-state index contributed by atoms with van der Waals surface area (Å²) in [6.45, 7) is 4.66. The Bertz CT molecular complexity index is 656. The lowest BCUT2D eigenvalue weighted by molar-refractivity contribution is 0.402. The second-order valence-electron chi connectivity index (χ2n) is 4.49. The van der Waals surface area contributed by atoms with Gasteiger partial charge in [0.05, 0.1) is 22.5 Å². The van der Waals surface area contributed by atoms with Gasteiger partial charge in [0.25, 0.3) is 0 Å². The Morgan fingerprint density at radius 1 is 1.37 bits per heavy atom. The highest BCUT2D eigenvalue weighted by molar-refractivity contribution is 7.18. The molecule has 19 heavy (non-hydrogen) atoms. The summed E-state index contributed by atoms with van der Waals surface area (Å²) in [6, 6.07) is 8.27. The summed E-state index contributed by atoms with van der Waals surface area (Å²) in [6.07, 6.45) is 1.74. The number of nitrogens with zero attached hydrogens (tertiary/aromatic N) is 2. The van der Waals surface area contributed by atoms with Crippen molar-refractivity contribution in [1.82, 2.24) is 15.3 Å². The summed E-state index contributed by atoms with van der Waals surface area (Å²) < 4.78 is 6.72. The van der Waals surface area contributed by atoms with Gasteiger partial charge in [-0.3, -0.25) is 5.32 Å². The molecule has 2 aromatic heterocycles. The van der Waals surface area contributed by atoms with Gasteiger partial charge < -0.3 is 4.42 Å². The van der Waals surface area contributed by atoms with E-state index in [4.69, 9.17) is 4.42 Å². The van der Waals surface area contributed by atoms with E-state index >= 15 is 0 Å². The zero-order chi connectivity index (χ0) is 13.2. The van der Waals surface area contributed by atoms with Crippen LogP contribution in [-0.4, -0.2) is 9.97 Å². The maximum Gasteiger partial charge on any atom is 0.211 e. The summed E-state index contributed by atoms with van der Waals surface area (Å²) in [5.74, 6) is 1.56. The molecule has 5 heteroatoms. The molecule has 2 heterocycles. The number of hydrogen-bond acceptors (Lipinski definition) is 5. The summed E-state index contributed by atoms with van der Waals surface area (Å²) >= 11 is 1.72. The third-order valence-corrected chi connectivity index (χ3v) is 3.94. The van der Waals surface area contributed by atoms with E-state index in [2.05, 4.69) is 21.4 Å². The van der Waals surface area contributed by atoms with Crippen molar-refractivity contribution < 1.29 is 4.42 Å². The van der Waals surface area contributed by atoms with Crippen LogP contribution < -0.4 is 5.32 Å². The Labute approximate surface area is 115 Å². The number of para-hydroxylation sites is 1. The van der Waals surface area contributed by atoms with E-state index in [0.717, 1.165) is 28.7 Å². The van der Waals surface area contributed by atoms with Gasteiger partial charge in [-0.15, -0.1) is 11.3 Å². The van der Waals surface area contributed by atoms with Crippen molar-refractivity contribution in [2.45, 2.75) is 26.4 Å². The molecule has 0 radical (unpaired) electrons. The molecule has 0 aliphatic heterocycles. The first-order valence-electron chi connectivity index (χ1n) is 6.22. The van der Waals surface area contributed by atoms with Crippen LogP contribution in [0, 0.1) is 6.92 Å². The molecule has 0 fully saturated rings. The van der Waals surface area contributed by atoms with Crippen LogP contribution in [-0.2, 0) is 6.54 Å². The molecule has 98 valence electrons. The standard InChI is InChI=1S/C14H15N3OS/c1-9-7-16-14(18-9)10(2)15-8-13-17-11-5-3-4-6-12(11)19-13/h3-7,10,15H,8H2,1-2H3. The van der Waals surface area contributed by atoms with Crippen molar-refractivity contribution in [3.63, 3.8) is 0 Å². The topological polar surface area (TPSA) is 51.0 Å². The van der Waals surface area contributed by atoms with Gasteiger partial charge in [-0.1, -0.05) is 12.1 Å². The van der Waals surface area contributed by atoms with E-state index in [1.54, 1.807) is 17.5 Å². The first-order chi connectivity index (χ1) is 9.22. The molecule has 3 rings (SSSR count). The Morgan fingerprint density at radius 2 is 2.21 bits per heavy atom. The highest BCUT2D eigenvalue weighted by Gasteiger charge is 2.11. The average molecular weight is 273 g/mol. The zero-order valence-corrected chi connectivity index (χ0v) is 11.7. The maximum absolute atomic E-state index is 5.50. The molecule has 0 amide bonds. The van der Waals surface area contributed by atoms with Crippen LogP contribution in [0.4, 0.5) is 0 Å². The van der Waals surface area contributed by atoms with Crippen molar-refractivity contribution in [1.29, 1.82) is 0 Å².